The lowest BCUT2D eigenvalue weighted by atomic mass is 9.92. The van der Waals surface area contributed by atoms with Gasteiger partial charge in [0.05, 0.1) is 7.11 Å². The van der Waals surface area contributed by atoms with Crippen molar-refractivity contribution in [2.24, 2.45) is 11.8 Å². The molecule has 0 N–H and O–H groups in total. The summed E-state index contributed by atoms with van der Waals surface area (Å²) < 4.78 is 4.69. The minimum Gasteiger partial charge on any atom is -0.468 e. The van der Waals surface area contributed by atoms with Gasteiger partial charge in [0.2, 0.25) is 0 Å². The van der Waals surface area contributed by atoms with Gasteiger partial charge in [-0.1, -0.05) is 24.6 Å². The highest BCUT2D eigenvalue weighted by Gasteiger charge is 2.35. The molecule has 0 radical (unpaired) electrons. The summed E-state index contributed by atoms with van der Waals surface area (Å²) in [5.41, 5.74) is 1.70. The van der Waals surface area contributed by atoms with Crippen LogP contribution in [-0.4, -0.2) is 23.8 Å². The number of carbonyl (C=O) groups is 2. The number of pyridine rings is 1. The van der Waals surface area contributed by atoms with Crippen LogP contribution in [0.3, 0.4) is 0 Å². The van der Waals surface area contributed by atoms with Crippen molar-refractivity contribution in [1.29, 1.82) is 0 Å². The monoisotopic (exact) mass is 267 g/mol. The van der Waals surface area contributed by atoms with Crippen LogP contribution < -0.4 is 0 Å². The highest BCUT2D eigenvalue weighted by atomic mass is 35.5. The summed E-state index contributed by atoms with van der Waals surface area (Å²) in [6, 6.07) is 3.57. The minimum atomic E-state index is -0.766. The van der Waals surface area contributed by atoms with Crippen LogP contribution in [0, 0.1) is 11.8 Å². The lowest BCUT2D eigenvalue weighted by molar-refractivity contribution is -0.150. The second-order valence-electron chi connectivity index (χ2n) is 4.53. The normalized spacial score (nSPS) is 23.2. The Balaban J connectivity index is 2.42. The van der Waals surface area contributed by atoms with Crippen LogP contribution >= 0.6 is 11.6 Å². The SMILES string of the molecule is COC(=O)C1Cc2nc(Cl)ccc2CC(C)C1=O. The van der Waals surface area contributed by atoms with Gasteiger partial charge < -0.3 is 4.74 Å². The van der Waals surface area contributed by atoms with Crippen molar-refractivity contribution in [3.8, 4) is 0 Å². The number of halogens is 1. The number of fused-ring (bicyclic) bond motifs is 1. The number of ether oxygens (including phenoxy) is 1. The fraction of sp³-hybridized carbons (Fsp3) is 0.462. The molecule has 0 aliphatic heterocycles. The van der Waals surface area contributed by atoms with Crippen molar-refractivity contribution in [3.05, 3.63) is 28.5 Å². The van der Waals surface area contributed by atoms with Crippen LogP contribution in [0.25, 0.3) is 0 Å². The van der Waals surface area contributed by atoms with E-state index in [1.807, 2.05) is 13.0 Å². The highest BCUT2D eigenvalue weighted by Crippen LogP contribution is 2.26. The first kappa shape index (κ1) is 13.0. The Bertz CT molecular complexity index is 501. The van der Waals surface area contributed by atoms with E-state index in [0.717, 1.165) is 11.3 Å². The van der Waals surface area contributed by atoms with Crippen molar-refractivity contribution in [1.82, 2.24) is 4.98 Å². The van der Waals surface area contributed by atoms with Crippen LogP contribution in [0.4, 0.5) is 0 Å². The average Bonchev–Trinajstić information content (AvgIpc) is 2.47. The third-order valence-corrected chi connectivity index (χ3v) is 3.48. The van der Waals surface area contributed by atoms with Crippen LogP contribution in [0.15, 0.2) is 12.1 Å². The summed E-state index contributed by atoms with van der Waals surface area (Å²) in [5.74, 6) is -1.56. The number of hydrogen-bond acceptors (Lipinski definition) is 4. The van der Waals surface area contributed by atoms with E-state index < -0.39 is 11.9 Å². The first-order valence-electron chi connectivity index (χ1n) is 5.78. The molecule has 2 rings (SSSR count). The van der Waals surface area contributed by atoms with E-state index in [0.29, 0.717) is 11.6 Å². The third-order valence-electron chi connectivity index (χ3n) is 3.27. The van der Waals surface area contributed by atoms with E-state index in [1.165, 1.54) is 7.11 Å². The maximum absolute atomic E-state index is 12.1. The Morgan fingerprint density at radius 2 is 2.17 bits per heavy atom. The fourth-order valence-electron chi connectivity index (χ4n) is 2.28. The summed E-state index contributed by atoms with van der Waals surface area (Å²) in [5, 5.41) is 0.374. The molecule has 0 spiro atoms. The number of esters is 1. The van der Waals surface area contributed by atoms with Crippen molar-refractivity contribution in [2.45, 2.75) is 19.8 Å². The molecule has 0 aromatic carbocycles. The largest absolute Gasteiger partial charge is 0.468 e. The Labute approximate surface area is 110 Å². The quantitative estimate of drug-likeness (QED) is 0.337. The molecule has 1 heterocycles. The van der Waals surface area contributed by atoms with Gasteiger partial charge in [-0.3, -0.25) is 9.59 Å². The summed E-state index contributed by atoms with van der Waals surface area (Å²) in [7, 11) is 1.29. The predicted molar refractivity (Wildman–Crippen MR) is 66.3 cm³/mol. The van der Waals surface area contributed by atoms with Gasteiger partial charge in [-0.2, -0.15) is 0 Å². The Hall–Kier alpha value is -1.42. The molecule has 0 bridgehead atoms. The number of ketones is 1. The topological polar surface area (TPSA) is 56.3 Å². The Kier molecular flexibility index (Phi) is 3.66. The molecule has 0 amide bonds. The fourth-order valence-corrected chi connectivity index (χ4v) is 2.44. The van der Waals surface area contributed by atoms with E-state index in [1.54, 1.807) is 6.07 Å². The molecule has 1 aliphatic rings. The first-order chi connectivity index (χ1) is 8.52. The number of rotatable bonds is 1. The molecular formula is C13H14ClNO3. The lowest BCUT2D eigenvalue weighted by Crippen LogP contribution is -2.30. The molecule has 4 nitrogen and oxygen atoms in total. The Morgan fingerprint density at radius 1 is 1.44 bits per heavy atom. The van der Waals surface area contributed by atoms with Crippen LogP contribution in [0.5, 0.6) is 0 Å². The average molecular weight is 268 g/mol. The van der Waals surface area contributed by atoms with Gasteiger partial charge >= 0.3 is 5.97 Å². The summed E-state index contributed by atoms with van der Waals surface area (Å²) in [4.78, 5) is 28.0. The molecule has 0 saturated carbocycles. The molecule has 0 saturated heterocycles. The maximum Gasteiger partial charge on any atom is 0.316 e. The zero-order chi connectivity index (χ0) is 13.3. The van der Waals surface area contributed by atoms with Crippen LogP contribution in [0.1, 0.15) is 18.2 Å². The van der Waals surface area contributed by atoms with E-state index in [2.05, 4.69) is 9.72 Å². The number of nitrogens with zero attached hydrogens (tertiary/aromatic N) is 1. The third kappa shape index (κ3) is 2.38. The molecule has 5 heteroatoms. The molecule has 1 aromatic rings. The van der Waals surface area contributed by atoms with Crippen molar-refractivity contribution >= 4 is 23.4 Å². The first-order valence-corrected chi connectivity index (χ1v) is 6.16. The van der Waals surface area contributed by atoms with Gasteiger partial charge in [-0.15, -0.1) is 0 Å². The Morgan fingerprint density at radius 3 is 2.83 bits per heavy atom. The second kappa shape index (κ2) is 5.06. The molecule has 96 valence electrons. The number of carbonyl (C=O) groups excluding carboxylic acids is 2. The van der Waals surface area contributed by atoms with Gasteiger partial charge in [0.1, 0.15) is 11.1 Å². The van der Waals surface area contributed by atoms with Crippen LogP contribution in [-0.2, 0) is 27.2 Å². The van der Waals surface area contributed by atoms with E-state index in [-0.39, 0.29) is 18.1 Å². The smallest absolute Gasteiger partial charge is 0.316 e. The van der Waals surface area contributed by atoms with Gasteiger partial charge in [0.25, 0.3) is 0 Å². The molecule has 18 heavy (non-hydrogen) atoms. The number of methoxy groups -OCH3 is 1. The molecule has 1 aliphatic carbocycles. The van der Waals surface area contributed by atoms with Crippen LogP contribution in [0.2, 0.25) is 5.15 Å². The van der Waals surface area contributed by atoms with Crippen molar-refractivity contribution in [3.63, 3.8) is 0 Å². The standard InChI is InChI=1S/C13H14ClNO3/c1-7-5-8-3-4-11(14)15-10(8)6-9(12(7)16)13(17)18-2/h3-4,7,9H,5-6H2,1-2H3. The lowest BCUT2D eigenvalue weighted by Gasteiger charge is -2.13. The zero-order valence-electron chi connectivity index (χ0n) is 10.3. The molecule has 2 unspecified atom stereocenters. The minimum absolute atomic E-state index is 0.0871. The second-order valence-corrected chi connectivity index (χ2v) is 4.91. The summed E-state index contributed by atoms with van der Waals surface area (Å²) in [6.45, 7) is 1.82. The molecule has 2 atom stereocenters. The van der Waals surface area contributed by atoms with Crippen molar-refractivity contribution < 1.29 is 14.3 Å². The molecule has 1 aromatic heterocycles. The van der Waals surface area contributed by atoms with Gasteiger partial charge in [-0.25, -0.2) is 4.98 Å². The number of Topliss-reactive ketones (excluding diaryl/α,β-unsaturated/α-hetero) is 1. The number of aromatic nitrogens is 1. The molecule has 0 fully saturated rings. The zero-order valence-corrected chi connectivity index (χ0v) is 11.0. The van der Waals surface area contributed by atoms with Gasteiger partial charge in [-0.05, 0) is 18.1 Å². The van der Waals surface area contributed by atoms with Gasteiger partial charge in [0.15, 0.2) is 5.78 Å². The van der Waals surface area contributed by atoms with E-state index >= 15 is 0 Å². The summed E-state index contributed by atoms with van der Waals surface area (Å²) in [6.07, 6.45) is 0.859. The maximum atomic E-state index is 12.1. The predicted octanol–water partition coefficient (Wildman–Crippen LogP) is 1.83. The number of hydrogen-bond donors (Lipinski definition) is 0. The highest BCUT2D eigenvalue weighted by molar-refractivity contribution is 6.29. The summed E-state index contributed by atoms with van der Waals surface area (Å²) >= 11 is 5.85. The van der Waals surface area contributed by atoms with Gasteiger partial charge in [0, 0.05) is 18.0 Å². The van der Waals surface area contributed by atoms with E-state index in [4.69, 9.17) is 11.6 Å². The van der Waals surface area contributed by atoms with Crippen molar-refractivity contribution in [2.75, 3.05) is 7.11 Å². The molecular weight excluding hydrogens is 254 g/mol. The van der Waals surface area contributed by atoms with E-state index in [9.17, 15) is 9.59 Å².